The van der Waals surface area contributed by atoms with E-state index in [0.717, 1.165) is 11.3 Å². The van der Waals surface area contributed by atoms with E-state index in [1.54, 1.807) is 22.8 Å². The standard InChI is InChI=1S/C18H19N3O4S/c1-3-13-10(2)19-18-21(17(13)23)12(8-26-18)7-16(22)20-11-4-5-14-15(6-11)25-9-24-14/h4-6,12H,3,7-9H2,1-2H3,(H,20,22). The first kappa shape index (κ1) is 17.0. The Labute approximate surface area is 154 Å². The molecular weight excluding hydrogens is 354 g/mol. The van der Waals surface area contributed by atoms with Crippen LogP contribution in [0.5, 0.6) is 11.5 Å². The number of nitrogens with one attached hydrogen (secondary N) is 1. The highest BCUT2D eigenvalue weighted by Crippen LogP contribution is 2.35. The van der Waals surface area contributed by atoms with E-state index in [1.165, 1.54) is 11.8 Å². The molecule has 136 valence electrons. The molecule has 0 aliphatic carbocycles. The van der Waals surface area contributed by atoms with Gasteiger partial charge in [0.25, 0.3) is 5.56 Å². The number of aryl methyl sites for hydroxylation is 1. The molecule has 1 N–H and O–H groups in total. The Morgan fingerprint density at radius 1 is 1.38 bits per heavy atom. The molecule has 1 aromatic heterocycles. The van der Waals surface area contributed by atoms with Crippen LogP contribution in [0.1, 0.15) is 30.6 Å². The Hall–Kier alpha value is -2.48. The normalized spacial score (nSPS) is 17.2. The van der Waals surface area contributed by atoms with Crippen LogP contribution >= 0.6 is 11.8 Å². The van der Waals surface area contributed by atoms with E-state index in [9.17, 15) is 9.59 Å². The smallest absolute Gasteiger partial charge is 0.257 e. The van der Waals surface area contributed by atoms with E-state index in [0.29, 0.717) is 34.5 Å². The van der Waals surface area contributed by atoms with Gasteiger partial charge in [-0.1, -0.05) is 18.7 Å². The fourth-order valence-corrected chi connectivity index (χ4v) is 4.46. The van der Waals surface area contributed by atoms with Gasteiger partial charge in [-0.2, -0.15) is 0 Å². The minimum absolute atomic E-state index is 0.0270. The number of rotatable bonds is 4. The summed E-state index contributed by atoms with van der Waals surface area (Å²) in [6.07, 6.45) is 0.862. The molecule has 3 heterocycles. The minimum atomic E-state index is -0.185. The molecule has 2 aliphatic rings. The molecule has 1 unspecified atom stereocenters. The van der Waals surface area contributed by atoms with E-state index in [4.69, 9.17) is 9.47 Å². The maximum Gasteiger partial charge on any atom is 0.257 e. The SMILES string of the molecule is CCc1c(C)nc2n(c1=O)C(CC(=O)Nc1ccc3c(c1)OCO3)CS2. The van der Waals surface area contributed by atoms with Crippen LogP contribution in [0.15, 0.2) is 28.2 Å². The summed E-state index contributed by atoms with van der Waals surface area (Å²) in [7, 11) is 0. The molecule has 2 aliphatic heterocycles. The van der Waals surface area contributed by atoms with Gasteiger partial charge in [0, 0.05) is 35.2 Å². The van der Waals surface area contributed by atoms with E-state index in [-0.39, 0.29) is 30.7 Å². The minimum Gasteiger partial charge on any atom is -0.454 e. The number of thioether (sulfide) groups is 1. The third kappa shape index (κ3) is 2.94. The van der Waals surface area contributed by atoms with Gasteiger partial charge < -0.3 is 14.8 Å². The van der Waals surface area contributed by atoms with Gasteiger partial charge in [0.15, 0.2) is 16.7 Å². The van der Waals surface area contributed by atoms with E-state index >= 15 is 0 Å². The van der Waals surface area contributed by atoms with Crippen LogP contribution in [0.2, 0.25) is 0 Å². The largest absolute Gasteiger partial charge is 0.454 e. The highest BCUT2D eigenvalue weighted by atomic mass is 32.2. The van der Waals surface area contributed by atoms with Crippen molar-refractivity contribution < 1.29 is 14.3 Å². The van der Waals surface area contributed by atoms with Crippen LogP contribution in [0, 0.1) is 6.92 Å². The molecule has 1 atom stereocenters. The van der Waals surface area contributed by atoms with Crippen molar-refractivity contribution in [3.05, 3.63) is 39.8 Å². The average molecular weight is 373 g/mol. The van der Waals surface area contributed by atoms with Crippen LogP contribution in [0.4, 0.5) is 5.69 Å². The van der Waals surface area contributed by atoms with Gasteiger partial charge in [0.1, 0.15) is 0 Å². The van der Waals surface area contributed by atoms with E-state index in [2.05, 4.69) is 10.3 Å². The van der Waals surface area contributed by atoms with Crippen molar-refractivity contribution in [1.29, 1.82) is 0 Å². The molecule has 0 saturated carbocycles. The molecular formula is C18H19N3O4S. The fourth-order valence-electron chi connectivity index (χ4n) is 3.28. The molecule has 4 rings (SSSR count). The quantitative estimate of drug-likeness (QED) is 0.830. The maximum atomic E-state index is 12.7. The lowest BCUT2D eigenvalue weighted by Gasteiger charge is -2.15. The van der Waals surface area contributed by atoms with Crippen LogP contribution < -0.4 is 20.3 Å². The van der Waals surface area contributed by atoms with Crippen LogP contribution in [-0.4, -0.2) is 28.0 Å². The second-order valence-corrected chi connectivity index (χ2v) is 7.26. The van der Waals surface area contributed by atoms with Crippen molar-refractivity contribution in [3.8, 4) is 11.5 Å². The number of hydrogen-bond donors (Lipinski definition) is 1. The zero-order valence-electron chi connectivity index (χ0n) is 14.6. The molecule has 1 amide bonds. The molecule has 0 fully saturated rings. The number of benzene rings is 1. The number of nitrogens with zero attached hydrogens (tertiary/aromatic N) is 2. The first-order valence-corrected chi connectivity index (χ1v) is 9.49. The zero-order chi connectivity index (χ0) is 18.3. The topological polar surface area (TPSA) is 82.5 Å². The number of ether oxygens (including phenoxy) is 2. The number of carbonyl (C=O) groups excluding carboxylic acids is 1. The van der Waals surface area contributed by atoms with Gasteiger partial charge in [0.2, 0.25) is 12.7 Å². The first-order valence-electron chi connectivity index (χ1n) is 8.51. The molecule has 7 nitrogen and oxygen atoms in total. The second kappa shape index (κ2) is 6.68. The molecule has 0 radical (unpaired) electrons. The fraction of sp³-hybridized carbons (Fsp3) is 0.389. The van der Waals surface area contributed by atoms with Crippen molar-refractivity contribution in [3.63, 3.8) is 0 Å². The van der Waals surface area contributed by atoms with Crippen molar-refractivity contribution in [2.24, 2.45) is 0 Å². The number of amides is 1. The summed E-state index contributed by atoms with van der Waals surface area (Å²) in [5, 5.41) is 3.57. The molecule has 1 aromatic carbocycles. The van der Waals surface area contributed by atoms with Crippen LogP contribution in [-0.2, 0) is 11.2 Å². The predicted molar refractivity (Wildman–Crippen MR) is 98.2 cm³/mol. The monoisotopic (exact) mass is 373 g/mol. The van der Waals surface area contributed by atoms with Crippen molar-refractivity contribution in [1.82, 2.24) is 9.55 Å². The van der Waals surface area contributed by atoms with Crippen molar-refractivity contribution >= 4 is 23.4 Å². The Balaban J connectivity index is 1.51. The van der Waals surface area contributed by atoms with Crippen LogP contribution in [0.25, 0.3) is 0 Å². The number of anilines is 1. The third-order valence-electron chi connectivity index (χ3n) is 4.58. The highest BCUT2D eigenvalue weighted by Gasteiger charge is 2.29. The molecule has 0 bridgehead atoms. The summed E-state index contributed by atoms with van der Waals surface area (Å²) in [4.78, 5) is 29.8. The summed E-state index contributed by atoms with van der Waals surface area (Å²) in [5.74, 6) is 1.81. The van der Waals surface area contributed by atoms with Crippen molar-refractivity contribution in [2.75, 3.05) is 17.9 Å². The van der Waals surface area contributed by atoms with Gasteiger partial charge in [-0.15, -0.1) is 0 Å². The van der Waals surface area contributed by atoms with Crippen LogP contribution in [0.3, 0.4) is 0 Å². The summed E-state index contributed by atoms with van der Waals surface area (Å²) in [5.41, 5.74) is 2.12. The van der Waals surface area contributed by atoms with Crippen molar-refractivity contribution in [2.45, 2.75) is 37.9 Å². The molecule has 26 heavy (non-hydrogen) atoms. The Bertz CT molecular complexity index is 941. The van der Waals surface area contributed by atoms with Gasteiger partial charge >= 0.3 is 0 Å². The average Bonchev–Trinajstić information content (AvgIpc) is 3.21. The third-order valence-corrected chi connectivity index (χ3v) is 5.68. The molecule has 0 spiro atoms. The lowest BCUT2D eigenvalue weighted by molar-refractivity contribution is -0.116. The lowest BCUT2D eigenvalue weighted by Crippen LogP contribution is -2.30. The van der Waals surface area contributed by atoms with E-state index in [1.807, 2.05) is 13.8 Å². The Morgan fingerprint density at radius 2 is 2.19 bits per heavy atom. The Morgan fingerprint density at radius 3 is 3.00 bits per heavy atom. The van der Waals surface area contributed by atoms with E-state index < -0.39 is 0 Å². The number of fused-ring (bicyclic) bond motifs is 2. The molecule has 8 heteroatoms. The summed E-state index contributed by atoms with van der Waals surface area (Å²) < 4.78 is 12.3. The zero-order valence-corrected chi connectivity index (χ0v) is 15.4. The van der Waals surface area contributed by atoms with Gasteiger partial charge in [-0.05, 0) is 25.5 Å². The molecule has 2 aromatic rings. The Kier molecular flexibility index (Phi) is 4.36. The second-order valence-electron chi connectivity index (χ2n) is 6.27. The maximum absolute atomic E-state index is 12.7. The first-order chi connectivity index (χ1) is 12.6. The highest BCUT2D eigenvalue weighted by molar-refractivity contribution is 7.99. The predicted octanol–water partition coefficient (Wildman–Crippen LogP) is 2.52. The van der Waals surface area contributed by atoms with Gasteiger partial charge in [-0.25, -0.2) is 4.98 Å². The van der Waals surface area contributed by atoms with Gasteiger partial charge in [0.05, 0.1) is 6.04 Å². The molecule has 0 saturated heterocycles. The summed E-state index contributed by atoms with van der Waals surface area (Å²) >= 11 is 1.52. The number of aromatic nitrogens is 2. The number of hydrogen-bond acceptors (Lipinski definition) is 6. The number of carbonyl (C=O) groups is 1. The lowest BCUT2D eigenvalue weighted by atomic mass is 10.1. The summed E-state index contributed by atoms with van der Waals surface area (Å²) in [6, 6.07) is 5.09. The summed E-state index contributed by atoms with van der Waals surface area (Å²) in [6.45, 7) is 4.00. The van der Waals surface area contributed by atoms with Gasteiger partial charge in [-0.3, -0.25) is 14.2 Å².